The average Bonchev–Trinajstić information content (AvgIpc) is 3.20. The van der Waals surface area contributed by atoms with E-state index in [0.717, 1.165) is 4.68 Å². The number of ether oxygens (including phenoxy) is 1. The quantitative estimate of drug-likeness (QED) is 0.137. The SMILES string of the molecule is COc1cc([N+](=O)[O-])ccc1NC(=S)Nc1ccn(Cc2c(F)c(F)c(F)c(F)c2F)n1. The monoisotopic (exact) mass is 473 g/mol. The molecule has 0 radical (unpaired) electrons. The number of hydrogen-bond donors (Lipinski definition) is 2. The zero-order valence-electron chi connectivity index (χ0n) is 16.0. The first kappa shape index (κ1) is 22.9. The normalized spacial score (nSPS) is 10.7. The molecule has 1 aromatic heterocycles. The smallest absolute Gasteiger partial charge is 0.273 e. The summed E-state index contributed by atoms with van der Waals surface area (Å²) in [5, 5.41) is 20.1. The lowest BCUT2D eigenvalue weighted by atomic mass is 10.1. The fraction of sp³-hybridized carbons (Fsp3) is 0.111. The van der Waals surface area contributed by atoms with Crippen LogP contribution in [0.2, 0.25) is 0 Å². The Morgan fingerprint density at radius 1 is 1.09 bits per heavy atom. The summed E-state index contributed by atoms with van der Waals surface area (Å²) in [6.45, 7) is -0.732. The van der Waals surface area contributed by atoms with Crippen molar-refractivity contribution in [1.82, 2.24) is 9.78 Å². The molecule has 0 aliphatic carbocycles. The van der Waals surface area contributed by atoms with E-state index < -0.39 is 46.1 Å². The number of nitro groups is 1. The molecule has 3 aromatic rings. The number of nitrogens with zero attached hydrogens (tertiary/aromatic N) is 3. The number of rotatable bonds is 6. The van der Waals surface area contributed by atoms with Crippen molar-refractivity contribution in [2.24, 2.45) is 0 Å². The van der Waals surface area contributed by atoms with Gasteiger partial charge < -0.3 is 15.4 Å². The van der Waals surface area contributed by atoms with Crippen LogP contribution in [0.5, 0.6) is 5.75 Å². The van der Waals surface area contributed by atoms with Crippen LogP contribution in [-0.4, -0.2) is 26.9 Å². The molecular formula is C18H12F5N5O3S. The summed E-state index contributed by atoms with van der Waals surface area (Å²) in [7, 11) is 1.31. The second-order valence-electron chi connectivity index (χ2n) is 6.17. The van der Waals surface area contributed by atoms with Crippen LogP contribution in [0.1, 0.15) is 5.56 Å². The topological polar surface area (TPSA) is 94.3 Å². The van der Waals surface area contributed by atoms with E-state index in [1.807, 2.05) is 0 Å². The maximum atomic E-state index is 13.8. The van der Waals surface area contributed by atoms with E-state index >= 15 is 0 Å². The van der Waals surface area contributed by atoms with Crippen LogP contribution in [0.4, 0.5) is 39.1 Å². The fourth-order valence-electron chi connectivity index (χ4n) is 2.63. The lowest BCUT2D eigenvalue weighted by molar-refractivity contribution is -0.384. The van der Waals surface area contributed by atoms with Crippen molar-refractivity contribution in [2.45, 2.75) is 6.54 Å². The van der Waals surface area contributed by atoms with Crippen molar-refractivity contribution in [3.8, 4) is 5.75 Å². The minimum absolute atomic E-state index is 0.0152. The molecule has 0 spiro atoms. The van der Waals surface area contributed by atoms with Gasteiger partial charge in [-0.05, 0) is 18.3 Å². The second kappa shape index (κ2) is 9.13. The van der Waals surface area contributed by atoms with Crippen molar-refractivity contribution in [3.63, 3.8) is 0 Å². The molecule has 0 fully saturated rings. The minimum atomic E-state index is -2.25. The van der Waals surface area contributed by atoms with E-state index in [1.54, 1.807) is 0 Å². The van der Waals surface area contributed by atoms with Crippen molar-refractivity contribution in [1.29, 1.82) is 0 Å². The van der Waals surface area contributed by atoms with Gasteiger partial charge >= 0.3 is 0 Å². The van der Waals surface area contributed by atoms with Gasteiger partial charge in [0.1, 0.15) is 5.75 Å². The maximum absolute atomic E-state index is 13.8. The van der Waals surface area contributed by atoms with Gasteiger partial charge in [-0.1, -0.05) is 0 Å². The summed E-state index contributed by atoms with van der Waals surface area (Å²) in [5.41, 5.74) is -0.943. The van der Waals surface area contributed by atoms with Gasteiger partial charge in [-0.25, -0.2) is 22.0 Å². The molecule has 0 saturated heterocycles. The molecule has 0 bridgehead atoms. The summed E-state index contributed by atoms with van der Waals surface area (Å²) in [6.07, 6.45) is 1.23. The summed E-state index contributed by atoms with van der Waals surface area (Å²) in [4.78, 5) is 10.2. The Bertz CT molecular complexity index is 1190. The molecule has 0 saturated carbocycles. The molecule has 2 N–H and O–H groups in total. The van der Waals surface area contributed by atoms with Crippen LogP contribution in [0.3, 0.4) is 0 Å². The number of methoxy groups -OCH3 is 1. The highest BCUT2D eigenvalue weighted by atomic mass is 32.1. The second-order valence-corrected chi connectivity index (χ2v) is 6.58. The maximum Gasteiger partial charge on any atom is 0.273 e. The highest BCUT2D eigenvalue weighted by molar-refractivity contribution is 7.80. The number of halogens is 5. The predicted octanol–water partition coefficient (Wildman–Crippen LogP) is 4.35. The molecular weight excluding hydrogens is 461 g/mol. The van der Waals surface area contributed by atoms with Crippen LogP contribution in [0.15, 0.2) is 30.5 Å². The Hall–Kier alpha value is -3.81. The number of hydrogen-bond acceptors (Lipinski definition) is 5. The molecule has 0 amide bonds. The van der Waals surface area contributed by atoms with Crippen molar-refractivity contribution < 1.29 is 31.6 Å². The summed E-state index contributed by atoms with van der Waals surface area (Å²) < 4.78 is 73.5. The Labute approximate surface area is 181 Å². The third-order valence-corrected chi connectivity index (χ3v) is 4.35. The van der Waals surface area contributed by atoms with E-state index in [-0.39, 0.29) is 22.4 Å². The first-order valence-corrected chi connectivity index (χ1v) is 8.97. The number of nitro benzene ring substituents is 1. The van der Waals surface area contributed by atoms with Gasteiger partial charge in [0, 0.05) is 18.3 Å². The molecule has 2 aromatic carbocycles. The summed E-state index contributed by atoms with van der Waals surface area (Å²) >= 11 is 5.12. The van der Waals surface area contributed by atoms with Crippen molar-refractivity contribution in [2.75, 3.05) is 17.7 Å². The van der Waals surface area contributed by atoms with E-state index in [0.29, 0.717) is 5.69 Å². The highest BCUT2D eigenvalue weighted by Gasteiger charge is 2.26. The van der Waals surface area contributed by atoms with Crippen molar-refractivity contribution in [3.05, 3.63) is 75.2 Å². The average molecular weight is 473 g/mol. The summed E-state index contributed by atoms with van der Waals surface area (Å²) in [6, 6.07) is 5.12. The molecule has 8 nitrogen and oxygen atoms in total. The minimum Gasteiger partial charge on any atom is -0.494 e. The molecule has 1 heterocycles. The van der Waals surface area contributed by atoms with Crippen molar-refractivity contribution >= 4 is 34.5 Å². The molecule has 0 atom stereocenters. The third-order valence-electron chi connectivity index (χ3n) is 4.15. The Morgan fingerprint density at radius 3 is 2.31 bits per heavy atom. The van der Waals surface area contributed by atoms with Gasteiger partial charge in [0.25, 0.3) is 5.69 Å². The third kappa shape index (κ3) is 4.59. The zero-order chi connectivity index (χ0) is 23.6. The van der Waals surface area contributed by atoms with E-state index in [9.17, 15) is 32.1 Å². The number of benzene rings is 2. The van der Waals surface area contributed by atoms with Gasteiger partial charge in [-0.3, -0.25) is 14.8 Å². The lowest BCUT2D eigenvalue weighted by Gasteiger charge is -2.12. The Balaban J connectivity index is 1.73. The number of thiocarbonyl (C=S) groups is 1. The largest absolute Gasteiger partial charge is 0.494 e. The number of nitrogens with one attached hydrogen (secondary N) is 2. The van der Waals surface area contributed by atoms with Crippen LogP contribution in [0, 0.1) is 39.2 Å². The van der Waals surface area contributed by atoms with Gasteiger partial charge in [-0.15, -0.1) is 0 Å². The fourth-order valence-corrected chi connectivity index (χ4v) is 2.85. The number of anilines is 2. The van der Waals surface area contributed by atoms with Crippen LogP contribution in [-0.2, 0) is 6.54 Å². The predicted molar refractivity (Wildman–Crippen MR) is 107 cm³/mol. The van der Waals surface area contributed by atoms with E-state index in [1.165, 1.54) is 37.6 Å². The van der Waals surface area contributed by atoms with Crippen LogP contribution < -0.4 is 15.4 Å². The van der Waals surface area contributed by atoms with Gasteiger partial charge in [-0.2, -0.15) is 5.10 Å². The molecule has 0 unspecified atom stereocenters. The van der Waals surface area contributed by atoms with Gasteiger partial charge in [0.05, 0.1) is 35.9 Å². The molecule has 3 rings (SSSR count). The van der Waals surface area contributed by atoms with Crippen LogP contribution >= 0.6 is 12.2 Å². The highest BCUT2D eigenvalue weighted by Crippen LogP contribution is 2.29. The van der Waals surface area contributed by atoms with E-state index in [4.69, 9.17) is 17.0 Å². The van der Waals surface area contributed by atoms with E-state index in [2.05, 4.69) is 15.7 Å². The standard InChI is InChI=1S/C18H12F5N5O3S/c1-31-11-6-8(28(29)30)2-3-10(11)24-18(32)25-12-4-5-27(26-12)7-9-13(19)15(21)17(23)16(22)14(9)20/h2-6H,7H2,1H3,(H2,24,25,26,32). The van der Waals surface area contributed by atoms with Crippen LogP contribution in [0.25, 0.3) is 0 Å². The number of non-ortho nitro benzene ring substituents is 1. The Kier molecular flexibility index (Phi) is 6.53. The molecule has 14 heteroatoms. The molecule has 168 valence electrons. The lowest BCUT2D eigenvalue weighted by Crippen LogP contribution is -2.20. The summed E-state index contributed by atoms with van der Waals surface area (Å²) in [5.74, 6) is -10.0. The zero-order valence-corrected chi connectivity index (χ0v) is 16.8. The first-order valence-electron chi connectivity index (χ1n) is 8.56. The molecule has 32 heavy (non-hydrogen) atoms. The molecule has 0 aliphatic heterocycles. The molecule has 0 aliphatic rings. The first-order chi connectivity index (χ1) is 15.1. The Morgan fingerprint density at radius 2 is 1.72 bits per heavy atom. The van der Waals surface area contributed by atoms with Gasteiger partial charge in [0.15, 0.2) is 34.2 Å². The van der Waals surface area contributed by atoms with Gasteiger partial charge in [0.2, 0.25) is 5.82 Å². The number of aromatic nitrogens is 2.